The van der Waals surface area contributed by atoms with Gasteiger partial charge >= 0.3 is 11.9 Å². The summed E-state index contributed by atoms with van der Waals surface area (Å²) in [6, 6.07) is 4.79. The first-order valence-electron chi connectivity index (χ1n) is 12.3. The van der Waals surface area contributed by atoms with Gasteiger partial charge in [-0.05, 0) is 56.1 Å². The van der Waals surface area contributed by atoms with Crippen LogP contribution in [-0.4, -0.2) is 43.3 Å². The highest BCUT2D eigenvalue weighted by atomic mass is 35.5. The average molecular weight is 607 g/mol. The zero-order chi connectivity index (χ0) is 28.7. The first-order chi connectivity index (χ1) is 18.3. The molecule has 1 fully saturated rings. The van der Waals surface area contributed by atoms with Crippen LogP contribution in [0.25, 0.3) is 10.9 Å². The number of rotatable bonds is 7. The molecule has 1 saturated heterocycles. The zero-order valence-electron chi connectivity index (χ0n) is 21.0. The van der Waals surface area contributed by atoms with Crippen LogP contribution in [0.2, 0.25) is 10.0 Å². The van der Waals surface area contributed by atoms with Crippen molar-refractivity contribution < 1.29 is 26.3 Å². The van der Waals surface area contributed by atoms with E-state index >= 15 is 0 Å². The van der Waals surface area contributed by atoms with Crippen LogP contribution in [0.15, 0.2) is 40.2 Å². The Morgan fingerprint density at radius 3 is 2.56 bits per heavy atom. The Morgan fingerprint density at radius 2 is 1.92 bits per heavy atom. The molecule has 0 aliphatic carbocycles. The molecule has 2 N–H and O–H groups in total. The topological polar surface area (TPSA) is 112 Å². The molecule has 1 aliphatic heterocycles. The van der Waals surface area contributed by atoms with Gasteiger partial charge in [0.2, 0.25) is 0 Å². The number of benzene rings is 2. The number of piperidine rings is 1. The Hall–Kier alpha value is -2.38. The van der Waals surface area contributed by atoms with Gasteiger partial charge in [-0.1, -0.05) is 30.1 Å². The highest BCUT2D eigenvalue weighted by molar-refractivity contribution is 7.91. The molecular weight excluding hydrogens is 580 g/mol. The molecule has 4 rings (SSSR count). The predicted octanol–water partition coefficient (Wildman–Crippen LogP) is 3.97. The van der Waals surface area contributed by atoms with E-state index in [1.165, 1.54) is 25.1 Å². The van der Waals surface area contributed by atoms with E-state index in [-0.39, 0.29) is 54.9 Å². The van der Waals surface area contributed by atoms with Crippen molar-refractivity contribution >= 4 is 43.9 Å². The third-order valence-corrected chi connectivity index (χ3v) is 9.46. The second-order valence-corrected chi connectivity index (χ2v) is 12.7. The lowest BCUT2D eigenvalue weighted by atomic mass is 9.96. The van der Waals surface area contributed by atoms with Gasteiger partial charge in [-0.2, -0.15) is 27.3 Å². The van der Waals surface area contributed by atoms with E-state index in [1.54, 1.807) is 0 Å². The Labute approximate surface area is 233 Å². The number of aromatic nitrogens is 2. The SMILES string of the molecule is CCS(=O)(=O)c1ccc(Cl)cc1Cn1cc2cc(C(F)(F)F)c(CN3CCCC(CN)C3)c(Cl)c2[n+]([O-])c1=O. The van der Waals surface area contributed by atoms with Crippen molar-refractivity contribution in [2.45, 2.75) is 43.9 Å². The van der Waals surface area contributed by atoms with Crippen molar-refractivity contribution in [3.8, 4) is 0 Å². The lowest BCUT2D eigenvalue weighted by Crippen LogP contribution is -2.51. The Kier molecular flexibility index (Phi) is 8.53. The van der Waals surface area contributed by atoms with Gasteiger partial charge in [0.05, 0.1) is 26.6 Å². The molecule has 212 valence electrons. The van der Waals surface area contributed by atoms with Crippen LogP contribution in [0, 0.1) is 11.1 Å². The minimum absolute atomic E-state index is 0.0568. The number of halogens is 5. The van der Waals surface area contributed by atoms with E-state index in [2.05, 4.69) is 0 Å². The normalized spacial score (nSPS) is 17.2. The molecule has 1 unspecified atom stereocenters. The van der Waals surface area contributed by atoms with Crippen molar-refractivity contribution in [2.24, 2.45) is 11.7 Å². The second-order valence-electron chi connectivity index (χ2n) is 9.62. The molecular formula is C25H27Cl2F3N4O4S. The summed E-state index contributed by atoms with van der Waals surface area (Å²) in [5, 5.41) is 12.6. The third-order valence-electron chi connectivity index (χ3n) is 6.99. The van der Waals surface area contributed by atoms with Crippen LogP contribution >= 0.6 is 23.2 Å². The Balaban J connectivity index is 1.87. The van der Waals surface area contributed by atoms with E-state index < -0.39 is 38.8 Å². The van der Waals surface area contributed by atoms with Crippen LogP contribution in [0.5, 0.6) is 0 Å². The summed E-state index contributed by atoms with van der Waals surface area (Å²) in [6.07, 6.45) is -2.08. The van der Waals surface area contributed by atoms with Gasteiger partial charge in [0.15, 0.2) is 15.4 Å². The summed E-state index contributed by atoms with van der Waals surface area (Å²) in [5.41, 5.74) is 3.05. The maximum Gasteiger partial charge on any atom is 0.501 e. The van der Waals surface area contributed by atoms with Crippen LogP contribution < -0.4 is 16.2 Å². The molecule has 2 heterocycles. The fraction of sp³-hybridized carbons (Fsp3) is 0.440. The van der Waals surface area contributed by atoms with E-state index in [0.29, 0.717) is 19.6 Å². The second kappa shape index (κ2) is 11.2. The van der Waals surface area contributed by atoms with Gasteiger partial charge in [0.25, 0.3) is 0 Å². The molecule has 0 amide bonds. The van der Waals surface area contributed by atoms with Crippen molar-refractivity contribution in [2.75, 3.05) is 25.4 Å². The molecule has 2 aromatic carbocycles. The number of sulfone groups is 1. The molecule has 0 radical (unpaired) electrons. The molecule has 8 nitrogen and oxygen atoms in total. The Morgan fingerprint density at radius 1 is 1.21 bits per heavy atom. The molecule has 0 spiro atoms. The lowest BCUT2D eigenvalue weighted by Gasteiger charge is -2.33. The van der Waals surface area contributed by atoms with Gasteiger partial charge in [-0.3, -0.25) is 4.90 Å². The van der Waals surface area contributed by atoms with Gasteiger partial charge in [0.1, 0.15) is 12.7 Å². The van der Waals surface area contributed by atoms with Crippen molar-refractivity contribution in [1.82, 2.24) is 9.47 Å². The number of hydrogen-bond donors (Lipinski definition) is 1. The Bertz CT molecular complexity index is 1580. The largest absolute Gasteiger partial charge is 0.708 e. The number of alkyl halides is 3. The molecule has 1 aromatic heterocycles. The quantitative estimate of drug-likeness (QED) is 0.322. The number of nitrogens with two attached hydrogens (primary N) is 1. The highest BCUT2D eigenvalue weighted by Crippen LogP contribution is 2.39. The predicted molar refractivity (Wildman–Crippen MR) is 143 cm³/mol. The molecule has 14 heteroatoms. The fourth-order valence-electron chi connectivity index (χ4n) is 4.98. The van der Waals surface area contributed by atoms with Crippen LogP contribution in [-0.2, 0) is 29.1 Å². The summed E-state index contributed by atoms with van der Waals surface area (Å²) in [6.45, 7) is 2.31. The minimum Gasteiger partial charge on any atom is -0.708 e. The van der Waals surface area contributed by atoms with E-state index in [1.807, 2.05) is 4.90 Å². The minimum atomic E-state index is -4.79. The molecule has 1 aliphatic rings. The monoisotopic (exact) mass is 606 g/mol. The average Bonchev–Trinajstić information content (AvgIpc) is 2.87. The van der Waals surface area contributed by atoms with E-state index in [9.17, 15) is 31.6 Å². The van der Waals surface area contributed by atoms with Crippen molar-refractivity contribution in [3.05, 3.63) is 72.9 Å². The number of hydrogen-bond acceptors (Lipinski definition) is 6. The summed E-state index contributed by atoms with van der Waals surface area (Å²) in [4.78, 5) is 14.8. The van der Waals surface area contributed by atoms with Crippen LogP contribution in [0.1, 0.15) is 36.5 Å². The first kappa shape index (κ1) is 29.6. The first-order valence-corrected chi connectivity index (χ1v) is 14.7. The summed E-state index contributed by atoms with van der Waals surface area (Å²) < 4.78 is 68.6. The number of likely N-dealkylation sites (tertiary alicyclic amines) is 1. The van der Waals surface area contributed by atoms with Crippen molar-refractivity contribution in [1.29, 1.82) is 0 Å². The van der Waals surface area contributed by atoms with E-state index in [0.717, 1.165) is 29.7 Å². The standard InChI is InChI=1S/C25H27Cl2F3N4O4S/c1-2-39(37,38)21-6-5-18(26)8-16(21)12-33-13-17-9-20(25(28,29)30)19(22(27)23(17)34(36)24(33)35)14-32-7-3-4-15(10-31)11-32/h5-6,8-9,13,15H,2-4,7,10-12,14,31H2,1H3. The maximum atomic E-state index is 14.2. The van der Waals surface area contributed by atoms with Gasteiger partial charge in [-0.15, -0.1) is 0 Å². The summed E-state index contributed by atoms with van der Waals surface area (Å²) >= 11 is 12.5. The molecule has 0 saturated carbocycles. The number of nitrogens with zero attached hydrogens (tertiary/aromatic N) is 3. The number of fused-ring (bicyclic) bond motifs is 1. The lowest BCUT2D eigenvalue weighted by molar-refractivity contribution is -0.598. The van der Waals surface area contributed by atoms with Crippen LogP contribution in [0.3, 0.4) is 0 Å². The zero-order valence-corrected chi connectivity index (χ0v) is 23.3. The smallest absolute Gasteiger partial charge is 0.501 e. The maximum absolute atomic E-state index is 14.2. The van der Waals surface area contributed by atoms with E-state index in [4.69, 9.17) is 28.9 Å². The van der Waals surface area contributed by atoms with Crippen molar-refractivity contribution in [3.63, 3.8) is 0 Å². The van der Waals surface area contributed by atoms with Gasteiger partial charge in [0, 0.05) is 29.2 Å². The fourth-order valence-corrected chi connectivity index (χ4v) is 6.64. The molecule has 39 heavy (non-hydrogen) atoms. The molecule has 3 aromatic rings. The molecule has 0 bridgehead atoms. The molecule has 1 atom stereocenters. The third kappa shape index (κ3) is 6.04. The highest BCUT2D eigenvalue weighted by Gasteiger charge is 2.37. The summed E-state index contributed by atoms with van der Waals surface area (Å²) in [7, 11) is -3.73. The summed E-state index contributed by atoms with van der Waals surface area (Å²) in [5.74, 6) is -0.0940. The van der Waals surface area contributed by atoms with Gasteiger partial charge in [-0.25, -0.2) is 8.42 Å². The van der Waals surface area contributed by atoms with Crippen LogP contribution in [0.4, 0.5) is 13.2 Å². The van der Waals surface area contributed by atoms with Gasteiger partial charge < -0.3 is 10.9 Å².